The van der Waals surface area contributed by atoms with Crippen molar-refractivity contribution in [3.05, 3.63) is 46.5 Å². The molecule has 2 amide bonds. The molecule has 2 aromatic rings. The minimum atomic E-state index is -0.554. The molecule has 3 heterocycles. The molecular formula is C16H18N2O3S. The first kappa shape index (κ1) is 14.8. The molecule has 0 aromatic carbocycles. The van der Waals surface area contributed by atoms with Crippen LogP contribution in [0.3, 0.4) is 0 Å². The van der Waals surface area contributed by atoms with Gasteiger partial charge in [0, 0.05) is 6.54 Å². The van der Waals surface area contributed by atoms with Crippen LogP contribution >= 0.6 is 11.3 Å². The van der Waals surface area contributed by atoms with Crippen molar-refractivity contribution in [1.29, 1.82) is 0 Å². The van der Waals surface area contributed by atoms with Gasteiger partial charge in [0.05, 0.1) is 17.9 Å². The lowest BCUT2D eigenvalue weighted by atomic mass is 10.1. The van der Waals surface area contributed by atoms with E-state index in [2.05, 4.69) is 16.8 Å². The van der Waals surface area contributed by atoms with Crippen molar-refractivity contribution in [2.75, 3.05) is 6.54 Å². The first-order valence-corrected chi connectivity index (χ1v) is 8.26. The van der Waals surface area contributed by atoms with Gasteiger partial charge >= 0.3 is 0 Å². The Labute approximate surface area is 132 Å². The van der Waals surface area contributed by atoms with Gasteiger partial charge in [-0.2, -0.15) is 11.3 Å². The Balaban J connectivity index is 1.66. The molecule has 1 N–H and O–H groups in total. The number of hydrogen-bond acceptors (Lipinski definition) is 4. The van der Waals surface area contributed by atoms with Gasteiger partial charge in [-0.15, -0.1) is 0 Å². The van der Waals surface area contributed by atoms with E-state index in [1.165, 1.54) is 18.1 Å². The highest BCUT2D eigenvalue weighted by Crippen LogP contribution is 2.33. The van der Waals surface area contributed by atoms with Gasteiger partial charge in [0.15, 0.2) is 0 Å². The number of nitrogens with one attached hydrogen (secondary N) is 1. The van der Waals surface area contributed by atoms with Gasteiger partial charge in [-0.25, -0.2) is 0 Å². The summed E-state index contributed by atoms with van der Waals surface area (Å²) in [6.07, 6.45) is 4.78. The third kappa shape index (κ3) is 2.92. The van der Waals surface area contributed by atoms with Crippen molar-refractivity contribution in [1.82, 2.24) is 10.2 Å². The molecule has 0 saturated carbocycles. The summed E-state index contributed by atoms with van der Waals surface area (Å²) in [6, 6.07) is 3.22. The molecular weight excluding hydrogens is 300 g/mol. The smallest absolute Gasteiger partial charge is 0.255 e. The molecule has 116 valence electrons. The largest absolute Gasteiger partial charge is 0.472 e. The molecule has 5 nitrogen and oxygen atoms in total. The molecule has 6 heteroatoms. The average molecular weight is 318 g/mol. The average Bonchev–Trinajstić information content (AvgIpc) is 3.26. The Kier molecular flexibility index (Phi) is 4.29. The Morgan fingerprint density at radius 1 is 1.45 bits per heavy atom. The highest BCUT2D eigenvalue weighted by Gasteiger charge is 2.33. The lowest BCUT2D eigenvalue weighted by molar-refractivity contribution is -0.133. The SMILES string of the molecule is C[C@H](NC(=O)c1ccoc1)C(=O)N1CCC[C@@H]1c1ccsc1. The van der Waals surface area contributed by atoms with Crippen molar-refractivity contribution in [3.63, 3.8) is 0 Å². The number of carbonyl (C=O) groups excluding carboxylic acids is 2. The van der Waals surface area contributed by atoms with Crippen LogP contribution in [-0.4, -0.2) is 29.3 Å². The van der Waals surface area contributed by atoms with Crippen LogP contribution in [0.15, 0.2) is 39.8 Å². The van der Waals surface area contributed by atoms with Crippen LogP contribution in [0.5, 0.6) is 0 Å². The van der Waals surface area contributed by atoms with Crippen molar-refractivity contribution in [2.24, 2.45) is 0 Å². The van der Waals surface area contributed by atoms with Gasteiger partial charge in [-0.1, -0.05) is 0 Å². The number of carbonyl (C=O) groups is 2. The normalized spacial score (nSPS) is 19.1. The molecule has 1 aliphatic rings. The van der Waals surface area contributed by atoms with E-state index in [4.69, 9.17) is 4.42 Å². The van der Waals surface area contributed by atoms with Crippen LogP contribution in [-0.2, 0) is 4.79 Å². The molecule has 2 aromatic heterocycles. The first-order chi connectivity index (χ1) is 10.7. The van der Waals surface area contributed by atoms with Crippen LogP contribution in [0.1, 0.15) is 41.7 Å². The lowest BCUT2D eigenvalue weighted by Crippen LogP contribution is -2.46. The summed E-state index contributed by atoms with van der Waals surface area (Å²) in [7, 11) is 0. The summed E-state index contributed by atoms with van der Waals surface area (Å²) in [5, 5.41) is 6.85. The van der Waals surface area contributed by atoms with Crippen molar-refractivity contribution >= 4 is 23.2 Å². The third-order valence-corrected chi connectivity index (χ3v) is 4.67. The van der Waals surface area contributed by atoms with Gasteiger partial charge < -0.3 is 14.6 Å². The van der Waals surface area contributed by atoms with E-state index in [0.717, 1.165) is 19.4 Å². The van der Waals surface area contributed by atoms with Crippen LogP contribution in [0, 0.1) is 0 Å². The van der Waals surface area contributed by atoms with Crippen LogP contribution in [0.25, 0.3) is 0 Å². The van der Waals surface area contributed by atoms with E-state index in [0.29, 0.717) is 5.56 Å². The number of amides is 2. The van der Waals surface area contributed by atoms with Gasteiger partial charge in [0.2, 0.25) is 5.91 Å². The fraction of sp³-hybridized carbons (Fsp3) is 0.375. The second-order valence-electron chi connectivity index (χ2n) is 5.45. The number of nitrogens with zero attached hydrogens (tertiary/aromatic N) is 1. The van der Waals surface area contributed by atoms with E-state index in [1.54, 1.807) is 24.3 Å². The maximum absolute atomic E-state index is 12.6. The number of thiophene rings is 1. The Morgan fingerprint density at radius 3 is 3.00 bits per heavy atom. The highest BCUT2D eigenvalue weighted by molar-refractivity contribution is 7.07. The number of likely N-dealkylation sites (tertiary alicyclic amines) is 1. The van der Waals surface area contributed by atoms with E-state index < -0.39 is 6.04 Å². The van der Waals surface area contributed by atoms with E-state index >= 15 is 0 Å². The highest BCUT2D eigenvalue weighted by atomic mass is 32.1. The van der Waals surface area contributed by atoms with Gasteiger partial charge in [0.1, 0.15) is 12.3 Å². The second-order valence-corrected chi connectivity index (χ2v) is 6.23. The maximum Gasteiger partial charge on any atom is 0.255 e. The predicted molar refractivity (Wildman–Crippen MR) is 83.6 cm³/mol. The maximum atomic E-state index is 12.6. The van der Waals surface area contributed by atoms with Crippen LogP contribution < -0.4 is 5.32 Å². The zero-order valence-electron chi connectivity index (χ0n) is 12.3. The fourth-order valence-corrected chi connectivity index (χ4v) is 3.53. The molecule has 22 heavy (non-hydrogen) atoms. The summed E-state index contributed by atoms with van der Waals surface area (Å²) in [5.74, 6) is -0.327. The molecule has 0 bridgehead atoms. The Bertz CT molecular complexity index is 636. The van der Waals surface area contributed by atoms with Crippen molar-refractivity contribution < 1.29 is 14.0 Å². The third-order valence-electron chi connectivity index (χ3n) is 3.97. The molecule has 0 spiro atoms. The Hall–Kier alpha value is -2.08. The predicted octanol–water partition coefficient (Wildman–Crippen LogP) is 2.82. The summed E-state index contributed by atoms with van der Waals surface area (Å²) in [6.45, 7) is 2.47. The van der Waals surface area contributed by atoms with Gasteiger partial charge in [-0.05, 0) is 48.2 Å². The summed E-state index contributed by atoms with van der Waals surface area (Å²) < 4.78 is 4.89. The molecule has 2 atom stereocenters. The number of hydrogen-bond donors (Lipinski definition) is 1. The fourth-order valence-electron chi connectivity index (χ4n) is 2.83. The molecule has 3 rings (SSSR count). The zero-order valence-corrected chi connectivity index (χ0v) is 13.1. The topological polar surface area (TPSA) is 62.6 Å². The number of furan rings is 1. The van der Waals surface area contributed by atoms with Gasteiger partial charge in [-0.3, -0.25) is 9.59 Å². The molecule has 1 aliphatic heterocycles. The van der Waals surface area contributed by atoms with Gasteiger partial charge in [0.25, 0.3) is 5.91 Å². The lowest BCUT2D eigenvalue weighted by Gasteiger charge is -2.27. The van der Waals surface area contributed by atoms with Crippen molar-refractivity contribution in [2.45, 2.75) is 31.8 Å². The minimum Gasteiger partial charge on any atom is -0.472 e. The second kappa shape index (κ2) is 6.36. The van der Waals surface area contributed by atoms with E-state index in [1.807, 2.05) is 10.3 Å². The van der Waals surface area contributed by atoms with E-state index in [-0.39, 0.29) is 17.9 Å². The summed E-state index contributed by atoms with van der Waals surface area (Å²) in [4.78, 5) is 26.5. The molecule has 0 radical (unpaired) electrons. The minimum absolute atomic E-state index is 0.0365. The standard InChI is InChI=1S/C16H18N2O3S/c1-11(17-15(19)12-4-7-21-9-12)16(20)18-6-2-3-14(18)13-5-8-22-10-13/h4-5,7-11,14H,2-3,6H2,1H3,(H,17,19)/t11-,14+/m0/s1. The molecule has 1 saturated heterocycles. The van der Waals surface area contributed by atoms with Crippen molar-refractivity contribution in [3.8, 4) is 0 Å². The molecule has 0 unspecified atom stereocenters. The van der Waals surface area contributed by atoms with Crippen LogP contribution in [0.4, 0.5) is 0 Å². The summed E-state index contributed by atoms with van der Waals surface area (Å²) in [5.41, 5.74) is 1.61. The molecule has 1 fully saturated rings. The monoisotopic (exact) mass is 318 g/mol. The Morgan fingerprint density at radius 2 is 2.32 bits per heavy atom. The quantitative estimate of drug-likeness (QED) is 0.943. The van der Waals surface area contributed by atoms with E-state index in [9.17, 15) is 9.59 Å². The number of rotatable bonds is 4. The summed E-state index contributed by atoms with van der Waals surface area (Å²) >= 11 is 1.64. The molecule has 0 aliphatic carbocycles. The first-order valence-electron chi connectivity index (χ1n) is 7.32. The zero-order chi connectivity index (χ0) is 15.5. The van der Waals surface area contributed by atoms with Crippen LogP contribution in [0.2, 0.25) is 0 Å².